The van der Waals surface area contributed by atoms with Gasteiger partial charge in [-0.25, -0.2) is 4.90 Å². The van der Waals surface area contributed by atoms with Crippen LogP contribution in [0.4, 0.5) is 5.69 Å². The number of nitrogens with zero attached hydrogens (tertiary/aromatic N) is 1. The van der Waals surface area contributed by atoms with E-state index in [2.05, 4.69) is 0 Å². The molecule has 0 atom stereocenters. The second kappa shape index (κ2) is 4.78. The molecule has 1 aromatic rings. The van der Waals surface area contributed by atoms with Crippen molar-refractivity contribution in [2.75, 3.05) is 12.0 Å². The summed E-state index contributed by atoms with van der Waals surface area (Å²) in [7, 11) is 1.61. The smallest absolute Gasteiger partial charge is 0.261 e. The molecule has 0 radical (unpaired) electrons. The zero-order chi connectivity index (χ0) is 14.3. The Morgan fingerprint density at radius 1 is 1.05 bits per heavy atom. The van der Waals surface area contributed by atoms with Gasteiger partial charge in [-0.05, 0) is 56.4 Å². The summed E-state index contributed by atoms with van der Waals surface area (Å²) in [5, 5.41) is 0. The first kappa shape index (κ1) is 12.9. The zero-order valence-corrected chi connectivity index (χ0v) is 11.7. The topological polar surface area (TPSA) is 46.6 Å². The lowest BCUT2D eigenvalue weighted by Gasteiger charge is -2.16. The van der Waals surface area contributed by atoms with Crippen LogP contribution in [0.1, 0.15) is 31.2 Å². The SMILES string of the molecule is COc1ccc(N2C(=O)C3=C(CCCC3)C2=O)cc1C. The maximum atomic E-state index is 12.4. The van der Waals surface area contributed by atoms with Crippen molar-refractivity contribution in [3.63, 3.8) is 0 Å². The summed E-state index contributed by atoms with van der Waals surface area (Å²) in [4.78, 5) is 26.2. The quantitative estimate of drug-likeness (QED) is 0.777. The summed E-state index contributed by atoms with van der Waals surface area (Å²) in [6.45, 7) is 1.90. The van der Waals surface area contributed by atoms with E-state index < -0.39 is 0 Å². The van der Waals surface area contributed by atoms with Crippen LogP contribution in [0.15, 0.2) is 29.3 Å². The van der Waals surface area contributed by atoms with Crippen LogP contribution in [-0.2, 0) is 9.59 Å². The number of rotatable bonds is 2. The Morgan fingerprint density at radius 3 is 2.15 bits per heavy atom. The first-order chi connectivity index (χ1) is 9.63. The fourth-order valence-corrected chi connectivity index (χ4v) is 2.98. The Labute approximate surface area is 118 Å². The third-order valence-electron chi connectivity index (χ3n) is 4.03. The van der Waals surface area contributed by atoms with Crippen molar-refractivity contribution in [3.05, 3.63) is 34.9 Å². The van der Waals surface area contributed by atoms with Gasteiger partial charge >= 0.3 is 0 Å². The molecule has 0 fully saturated rings. The third-order valence-corrected chi connectivity index (χ3v) is 4.03. The van der Waals surface area contributed by atoms with Crippen LogP contribution >= 0.6 is 0 Å². The van der Waals surface area contributed by atoms with Crippen molar-refractivity contribution in [2.45, 2.75) is 32.6 Å². The molecule has 20 heavy (non-hydrogen) atoms. The zero-order valence-electron chi connectivity index (χ0n) is 11.7. The highest BCUT2D eigenvalue weighted by atomic mass is 16.5. The number of imide groups is 1. The summed E-state index contributed by atoms with van der Waals surface area (Å²) in [5.74, 6) is 0.467. The lowest BCUT2D eigenvalue weighted by Crippen LogP contribution is -2.31. The van der Waals surface area contributed by atoms with Crippen molar-refractivity contribution < 1.29 is 14.3 Å². The third kappa shape index (κ3) is 1.83. The molecule has 2 amide bonds. The molecule has 0 spiro atoms. The molecule has 0 aromatic heterocycles. The fraction of sp³-hybridized carbons (Fsp3) is 0.375. The molecule has 0 saturated heterocycles. The van der Waals surface area contributed by atoms with E-state index in [1.165, 1.54) is 4.90 Å². The number of benzene rings is 1. The van der Waals surface area contributed by atoms with E-state index in [0.717, 1.165) is 48.1 Å². The molecule has 1 aromatic carbocycles. The second-order valence-corrected chi connectivity index (χ2v) is 5.26. The molecule has 0 unspecified atom stereocenters. The summed E-state index contributed by atoms with van der Waals surface area (Å²) in [5.41, 5.74) is 2.98. The van der Waals surface area contributed by atoms with Crippen LogP contribution in [0.25, 0.3) is 0 Å². The summed E-state index contributed by atoms with van der Waals surface area (Å²) in [6.07, 6.45) is 3.44. The molecule has 1 aliphatic carbocycles. The molecular weight excluding hydrogens is 254 g/mol. The number of amides is 2. The van der Waals surface area contributed by atoms with Gasteiger partial charge < -0.3 is 4.74 Å². The standard InChI is InChI=1S/C16H17NO3/c1-10-9-11(7-8-14(10)20-2)17-15(18)12-5-3-4-6-13(12)16(17)19/h7-9H,3-6H2,1-2H3. The number of carbonyl (C=O) groups is 2. The summed E-state index contributed by atoms with van der Waals surface area (Å²) < 4.78 is 5.21. The minimum atomic E-state index is -0.144. The Hall–Kier alpha value is -2.10. The molecule has 2 aliphatic rings. The molecule has 3 rings (SSSR count). The average Bonchev–Trinajstić information content (AvgIpc) is 2.71. The highest BCUT2D eigenvalue weighted by Gasteiger charge is 2.39. The van der Waals surface area contributed by atoms with Gasteiger partial charge in [-0.2, -0.15) is 0 Å². The maximum Gasteiger partial charge on any atom is 0.261 e. The molecule has 0 bridgehead atoms. The number of aryl methyl sites for hydroxylation is 1. The normalized spacial score (nSPS) is 18.6. The first-order valence-corrected chi connectivity index (χ1v) is 6.89. The first-order valence-electron chi connectivity index (χ1n) is 6.89. The van der Waals surface area contributed by atoms with E-state index in [-0.39, 0.29) is 11.8 Å². The van der Waals surface area contributed by atoms with E-state index in [1.807, 2.05) is 13.0 Å². The Bertz CT molecular complexity index is 603. The van der Waals surface area contributed by atoms with Gasteiger partial charge in [0, 0.05) is 11.1 Å². The van der Waals surface area contributed by atoms with Crippen LogP contribution in [0.2, 0.25) is 0 Å². The van der Waals surface area contributed by atoms with Gasteiger partial charge in [0.25, 0.3) is 11.8 Å². The van der Waals surface area contributed by atoms with Crippen molar-refractivity contribution >= 4 is 17.5 Å². The van der Waals surface area contributed by atoms with Gasteiger partial charge in [0.05, 0.1) is 12.8 Å². The Kier molecular flexibility index (Phi) is 3.08. The van der Waals surface area contributed by atoms with Gasteiger partial charge in [0.2, 0.25) is 0 Å². The van der Waals surface area contributed by atoms with E-state index in [1.54, 1.807) is 19.2 Å². The highest BCUT2D eigenvalue weighted by molar-refractivity contribution is 6.33. The molecule has 1 heterocycles. The maximum absolute atomic E-state index is 12.4. The average molecular weight is 271 g/mol. The van der Waals surface area contributed by atoms with E-state index >= 15 is 0 Å². The Balaban J connectivity index is 1.98. The lowest BCUT2D eigenvalue weighted by molar-refractivity contribution is -0.120. The van der Waals surface area contributed by atoms with Gasteiger partial charge in [-0.15, -0.1) is 0 Å². The number of methoxy groups -OCH3 is 1. The minimum Gasteiger partial charge on any atom is -0.496 e. The van der Waals surface area contributed by atoms with Gasteiger partial charge in [0.1, 0.15) is 5.75 Å². The molecule has 1 aliphatic heterocycles. The second-order valence-electron chi connectivity index (χ2n) is 5.26. The number of ether oxygens (including phenoxy) is 1. The summed E-state index contributed by atoms with van der Waals surface area (Å²) >= 11 is 0. The molecule has 4 heteroatoms. The van der Waals surface area contributed by atoms with Crippen LogP contribution in [0.5, 0.6) is 5.75 Å². The fourth-order valence-electron chi connectivity index (χ4n) is 2.98. The molecule has 0 N–H and O–H groups in total. The number of hydrogen-bond acceptors (Lipinski definition) is 3. The van der Waals surface area contributed by atoms with Crippen molar-refractivity contribution in [1.82, 2.24) is 0 Å². The minimum absolute atomic E-state index is 0.144. The van der Waals surface area contributed by atoms with Crippen LogP contribution < -0.4 is 9.64 Å². The van der Waals surface area contributed by atoms with Crippen LogP contribution in [0, 0.1) is 6.92 Å². The number of carbonyl (C=O) groups excluding carboxylic acids is 2. The monoisotopic (exact) mass is 271 g/mol. The van der Waals surface area contributed by atoms with Crippen LogP contribution in [0.3, 0.4) is 0 Å². The largest absolute Gasteiger partial charge is 0.496 e. The summed E-state index contributed by atoms with van der Waals surface area (Å²) in [6, 6.07) is 5.38. The van der Waals surface area contributed by atoms with Gasteiger partial charge in [-0.1, -0.05) is 0 Å². The molecule has 104 valence electrons. The van der Waals surface area contributed by atoms with Gasteiger partial charge in [-0.3, -0.25) is 9.59 Å². The predicted octanol–water partition coefficient (Wildman–Crippen LogP) is 2.75. The molecule has 4 nitrogen and oxygen atoms in total. The lowest BCUT2D eigenvalue weighted by atomic mass is 9.93. The highest BCUT2D eigenvalue weighted by Crippen LogP contribution is 2.36. The predicted molar refractivity (Wildman–Crippen MR) is 75.7 cm³/mol. The van der Waals surface area contributed by atoms with Crippen LogP contribution in [-0.4, -0.2) is 18.9 Å². The van der Waals surface area contributed by atoms with Gasteiger partial charge in [0.15, 0.2) is 0 Å². The van der Waals surface area contributed by atoms with E-state index in [9.17, 15) is 9.59 Å². The number of anilines is 1. The van der Waals surface area contributed by atoms with Crippen molar-refractivity contribution in [1.29, 1.82) is 0 Å². The Morgan fingerprint density at radius 2 is 1.65 bits per heavy atom. The van der Waals surface area contributed by atoms with Crippen molar-refractivity contribution in [3.8, 4) is 5.75 Å². The molecular formula is C16H17NO3. The van der Waals surface area contributed by atoms with E-state index in [4.69, 9.17) is 4.74 Å². The molecule has 0 saturated carbocycles. The number of hydrogen-bond donors (Lipinski definition) is 0. The van der Waals surface area contributed by atoms with E-state index in [0.29, 0.717) is 5.69 Å². The van der Waals surface area contributed by atoms with Crippen molar-refractivity contribution in [2.24, 2.45) is 0 Å².